The largest absolute Gasteiger partial charge is 0.344 e. The van der Waals surface area contributed by atoms with Crippen LogP contribution in [-0.4, -0.2) is 60.7 Å². The summed E-state index contributed by atoms with van der Waals surface area (Å²) in [6.07, 6.45) is 6.89. The highest BCUT2D eigenvalue weighted by Crippen LogP contribution is 2.32. The van der Waals surface area contributed by atoms with Gasteiger partial charge in [0.25, 0.3) is 0 Å². The highest BCUT2D eigenvalue weighted by atomic mass is 19.1. The van der Waals surface area contributed by atoms with Crippen molar-refractivity contribution in [2.75, 3.05) is 44.2 Å². The van der Waals surface area contributed by atoms with Crippen LogP contribution in [0.2, 0.25) is 0 Å². The second-order valence-corrected chi connectivity index (χ2v) is 9.07. The summed E-state index contributed by atoms with van der Waals surface area (Å²) < 4.78 is 17.2. The number of benzene rings is 1. The van der Waals surface area contributed by atoms with Crippen molar-refractivity contribution in [3.8, 4) is 0 Å². The number of hydrogen-bond acceptors (Lipinski definition) is 4. The van der Waals surface area contributed by atoms with Crippen molar-refractivity contribution in [1.82, 2.24) is 20.1 Å². The molecular formula is C23H30FN5O2. The molecule has 2 aromatic rings. The monoisotopic (exact) mass is 427 g/mol. The second-order valence-electron chi connectivity index (χ2n) is 9.07. The summed E-state index contributed by atoms with van der Waals surface area (Å²) in [5.41, 5.74) is 1.10. The number of urea groups is 1. The number of rotatable bonds is 4. The average molecular weight is 428 g/mol. The average Bonchev–Trinajstić information content (AvgIpc) is 3.17. The molecule has 3 amide bonds. The summed E-state index contributed by atoms with van der Waals surface area (Å²) in [6.45, 7) is 5.83. The number of fused-ring (bicyclic) bond motifs is 1. The number of carbonyl (C=O) groups excluding carboxylic acids is 2. The number of nitrogens with zero attached hydrogens (tertiary/aromatic N) is 3. The van der Waals surface area contributed by atoms with Crippen LogP contribution in [0.15, 0.2) is 24.4 Å². The van der Waals surface area contributed by atoms with Crippen molar-refractivity contribution >= 4 is 28.5 Å². The number of aromatic nitrogens is 1. The summed E-state index contributed by atoms with van der Waals surface area (Å²) in [5.74, 6) is 0.0562. The van der Waals surface area contributed by atoms with Crippen molar-refractivity contribution in [3.63, 3.8) is 0 Å². The Bertz CT molecular complexity index is 976. The Morgan fingerprint density at radius 3 is 2.55 bits per heavy atom. The van der Waals surface area contributed by atoms with E-state index in [1.807, 2.05) is 12.3 Å². The first-order valence-electron chi connectivity index (χ1n) is 11.4. The van der Waals surface area contributed by atoms with Crippen LogP contribution >= 0.6 is 0 Å². The van der Waals surface area contributed by atoms with Crippen LogP contribution in [0, 0.1) is 11.7 Å². The molecule has 0 saturated carbocycles. The lowest BCUT2D eigenvalue weighted by Gasteiger charge is -2.36. The van der Waals surface area contributed by atoms with E-state index in [9.17, 15) is 14.0 Å². The lowest BCUT2D eigenvalue weighted by molar-refractivity contribution is -0.120. The van der Waals surface area contributed by atoms with Gasteiger partial charge >= 0.3 is 6.03 Å². The Labute approximate surface area is 181 Å². The predicted octanol–water partition coefficient (Wildman–Crippen LogP) is 2.86. The van der Waals surface area contributed by atoms with E-state index in [1.54, 1.807) is 6.07 Å². The molecule has 0 radical (unpaired) electrons. The molecule has 0 spiro atoms. The van der Waals surface area contributed by atoms with Gasteiger partial charge in [0.05, 0.1) is 11.2 Å². The number of nitrogens with one attached hydrogen (secondary N) is 2. The Morgan fingerprint density at radius 1 is 1.03 bits per heavy atom. The molecule has 8 heteroatoms. The SMILES string of the molecule is O=C1CCN(c2cc3ccn(C4CCN(CC5CCNCC5)CC4)c3cc2F)C(=O)N1. The fourth-order valence-corrected chi connectivity index (χ4v) is 5.29. The van der Waals surface area contributed by atoms with Crippen LogP contribution in [0.5, 0.6) is 0 Å². The topological polar surface area (TPSA) is 69.6 Å². The fraction of sp³-hybridized carbons (Fsp3) is 0.565. The third kappa shape index (κ3) is 4.19. The molecule has 0 atom stereocenters. The molecule has 3 fully saturated rings. The van der Waals surface area contributed by atoms with E-state index in [4.69, 9.17) is 0 Å². The first-order chi connectivity index (χ1) is 15.1. The van der Waals surface area contributed by atoms with Gasteiger partial charge in [-0.3, -0.25) is 15.0 Å². The van der Waals surface area contributed by atoms with Crippen LogP contribution in [0.4, 0.5) is 14.9 Å². The maximum atomic E-state index is 15.0. The Morgan fingerprint density at radius 2 is 1.81 bits per heavy atom. The normalized spacial score (nSPS) is 22.3. The van der Waals surface area contributed by atoms with Crippen molar-refractivity contribution in [3.05, 3.63) is 30.2 Å². The molecule has 3 aliphatic rings. The molecule has 7 nitrogen and oxygen atoms in total. The molecule has 1 aromatic carbocycles. The lowest BCUT2D eigenvalue weighted by atomic mass is 9.96. The summed E-state index contributed by atoms with van der Waals surface area (Å²) >= 11 is 0. The molecule has 2 N–H and O–H groups in total. The molecule has 5 rings (SSSR count). The highest BCUT2D eigenvalue weighted by Gasteiger charge is 2.28. The van der Waals surface area contributed by atoms with Crippen LogP contribution in [0.3, 0.4) is 0 Å². The lowest BCUT2D eigenvalue weighted by Crippen LogP contribution is -2.49. The molecule has 3 saturated heterocycles. The first-order valence-corrected chi connectivity index (χ1v) is 11.4. The summed E-state index contributed by atoms with van der Waals surface area (Å²) in [5, 5.41) is 6.61. The maximum Gasteiger partial charge on any atom is 0.328 e. The quantitative estimate of drug-likeness (QED) is 0.787. The summed E-state index contributed by atoms with van der Waals surface area (Å²) in [7, 11) is 0. The molecule has 1 aromatic heterocycles. The molecule has 166 valence electrons. The minimum absolute atomic E-state index is 0.181. The minimum atomic E-state index is -0.560. The predicted molar refractivity (Wildman–Crippen MR) is 118 cm³/mol. The van der Waals surface area contributed by atoms with E-state index in [0.717, 1.165) is 55.8 Å². The number of anilines is 1. The number of hydrogen-bond donors (Lipinski definition) is 2. The van der Waals surface area contributed by atoms with Gasteiger partial charge in [-0.05, 0) is 56.8 Å². The van der Waals surface area contributed by atoms with Crippen LogP contribution < -0.4 is 15.5 Å². The number of halogens is 1. The van der Waals surface area contributed by atoms with Gasteiger partial charge in [0.2, 0.25) is 5.91 Å². The van der Waals surface area contributed by atoms with Gasteiger partial charge in [0.15, 0.2) is 0 Å². The second kappa shape index (κ2) is 8.59. The Kier molecular flexibility index (Phi) is 5.67. The minimum Gasteiger partial charge on any atom is -0.344 e. The third-order valence-corrected chi connectivity index (χ3v) is 7.06. The number of carbonyl (C=O) groups is 2. The van der Waals surface area contributed by atoms with Crippen molar-refractivity contribution in [1.29, 1.82) is 0 Å². The van der Waals surface area contributed by atoms with Crippen LogP contribution in [-0.2, 0) is 4.79 Å². The van der Waals surface area contributed by atoms with Crippen LogP contribution in [0.25, 0.3) is 10.9 Å². The Hall–Kier alpha value is -2.45. The molecule has 31 heavy (non-hydrogen) atoms. The third-order valence-electron chi connectivity index (χ3n) is 7.06. The van der Waals surface area contributed by atoms with E-state index in [2.05, 4.69) is 20.1 Å². The van der Waals surface area contributed by atoms with Gasteiger partial charge < -0.3 is 14.8 Å². The zero-order valence-electron chi connectivity index (χ0n) is 17.8. The van der Waals surface area contributed by atoms with Crippen LogP contribution in [0.1, 0.15) is 38.1 Å². The van der Waals surface area contributed by atoms with Gasteiger partial charge in [0.1, 0.15) is 5.82 Å². The Balaban J connectivity index is 1.28. The summed E-state index contributed by atoms with van der Waals surface area (Å²) in [4.78, 5) is 27.4. The number of likely N-dealkylation sites (tertiary alicyclic amines) is 1. The zero-order chi connectivity index (χ0) is 21.4. The molecular weight excluding hydrogens is 397 g/mol. The zero-order valence-corrected chi connectivity index (χ0v) is 17.8. The number of imide groups is 1. The molecule has 3 aliphatic heterocycles. The van der Waals surface area contributed by atoms with Crippen molar-refractivity contribution < 1.29 is 14.0 Å². The number of piperidine rings is 2. The van der Waals surface area contributed by atoms with E-state index in [-0.39, 0.29) is 24.6 Å². The van der Waals surface area contributed by atoms with Gasteiger partial charge in [-0.25, -0.2) is 9.18 Å². The first kappa shape index (κ1) is 20.5. The standard InChI is InChI=1S/C23H30FN5O2/c24-19-14-20-17(13-21(19)29-12-6-22(30)26-23(29)31)3-11-28(20)18-4-9-27(10-5-18)15-16-1-7-25-8-2-16/h3,11,13-14,16,18,25H,1-2,4-10,12,15H2,(H,26,30,31). The van der Waals surface area contributed by atoms with Gasteiger partial charge in [-0.2, -0.15) is 0 Å². The van der Waals surface area contributed by atoms with E-state index in [0.29, 0.717) is 6.04 Å². The van der Waals surface area contributed by atoms with Crippen molar-refractivity contribution in [2.24, 2.45) is 5.92 Å². The fourth-order valence-electron chi connectivity index (χ4n) is 5.29. The van der Waals surface area contributed by atoms with Gasteiger partial charge in [0, 0.05) is 56.3 Å². The maximum absolute atomic E-state index is 15.0. The van der Waals surface area contributed by atoms with E-state index in [1.165, 1.54) is 30.4 Å². The number of amides is 3. The van der Waals surface area contributed by atoms with Crippen molar-refractivity contribution in [2.45, 2.75) is 38.1 Å². The highest BCUT2D eigenvalue weighted by molar-refractivity contribution is 6.06. The van der Waals surface area contributed by atoms with Gasteiger partial charge in [-0.15, -0.1) is 0 Å². The summed E-state index contributed by atoms with van der Waals surface area (Å²) in [6, 6.07) is 5.06. The molecule has 0 unspecified atom stereocenters. The smallest absolute Gasteiger partial charge is 0.328 e. The molecule has 4 heterocycles. The molecule has 0 bridgehead atoms. The van der Waals surface area contributed by atoms with Gasteiger partial charge in [-0.1, -0.05) is 0 Å². The molecule has 0 aliphatic carbocycles. The van der Waals surface area contributed by atoms with E-state index < -0.39 is 11.8 Å². The van der Waals surface area contributed by atoms with E-state index >= 15 is 0 Å².